The van der Waals surface area contributed by atoms with Crippen molar-refractivity contribution in [3.63, 3.8) is 0 Å². The molecule has 1 rings (SSSR count). The molecule has 0 saturated heterocycles. The Kier molecular flexibility index (Phi) is 5.30. The molecule has 86 valence electrons. The fraction of sp³-hybridized carbons (Fsp3) is 0.667. The fourth-order valence-corrected chi connectivity index (χ4v) is 3.42. The molecule has 1 aromatic heterocycles. The lowest BCUT2D eigenvalue weighted by atomic mass is 9.86. The number of halogens is 1. The maximum absolute atomic E-state index is 3.51. The van der Waals surface area contributed by atoms with E-state index in [4.69, 9.17) is 0 Å². The first-order chi connectivity index (χ1) is 7.04. The molecule has 0 aliphatic rings. The van der Waals surface area contributed by atoms with Crippen LogP contribution in [-0.4, -0.2) is 13.1 Å². The third-order valence-corrected chi connectivity index (χ3v) is 4.73. The standard InChI is InChI=1S/C12H20BrNS/c1-8(2)12(9(3)14-4)6-11-5-10(13)7-15-11/h5,7-9,12,14H,6H2,1-4H3. The van der Waals surface area contributed by atoms with Crippen molar-refractivity contribution in [1.82, 2.24) is 5.32 Å². The maximum atomic E-state index is 3.51. The van der Waals surface area contributed by atoms with Crippen LogP contribution in [-0.2, 0) is 6.42 Å². The molecule has 0 spiro atoms. The van der Waals surface area contributed by atoms with Gasteiger partial charge in [0, 0.05) is 20.8 Å². The van der Waals surface area contributed by atoms with Gasteiger partial charge in [-0.2, -0.15) is 0 Å². The second kappa shape index (κ2) is 6.02. The number of thiophene rings is 1. The van der Waals surface area contributed by atoms with E-state index in [1.165, 1.54) is 15.8 Å². The summed E-state index contributed by atoms with van der Waals surface area (Å²) in [6, 6.07) is 2.81. The Bertz CT molecular complexity index is 296. The minimum atomic E-state index is 0.575. The highest BCUT2D eigenvalue weighted by Crippen LogP contribution is 2.26. The summed E-state index contributed by atoms with van der Waals surface area (Å²) in [5.74, 6) is 1.42. The molecule has 0 radical (unpaired) electrons. The van der Waals surface area contributed by atoms with E-state index in [0.717, 1.165) is 0 Å². The van der Waals surface area contributed by atoms with Crippen LogP contribution < -0.4 is 5.32 Å². The van der Waals surface area contributed by atoms with Gasteiger partial charge in [0.2, 0.25) is 0 Å². The van der Waals surface area contributed by atoms with Gasteiger partial charge in [-0.1, -0.05) is 13.8 Å². The molecule has 0 aliphatic carbocycles. The normalized spacial score (nSPS) is 15.6. The van der Waals surface area contributed by atoms with Gasteiger partial charge in [-0.15, -0.1) is 11.3 Å². The summed E-state index contributed by atoms with van der Waals surface area (Å²) < 4.78 is 1.21. The Labute approximate surface area is 105 Å². The summed E-state index contributed by atoms with van der Waals surface area (Å²) in [6.45, 7) is 6.88. The lowest BCUT2D eigenvalue weighted by Crippen LogP contribution is -2.34. The molecule has 2 atom stereocenters. The molecule has 1 nitrogen and oxygen atoms in total. The number of nitrogens with one attached hydrogen (secondary N) is 1. The van der Waals surface area contributed by atoms with Crippen molar-refractivity contribution in [2.45, 2.75) is 33.2 Å². The maximum Gasteiger partial charge on any atom is 0.0285 e. The Morgan fingerprint density at radius 2 is 2.07 bits per heavy atom. The van der Waals surface area contributed by atoms with Crippen LogP contribution in [0.15, 0.2) is 15.9 Å². The lowest BCUT2D eigenvalue weighted by molar-refractivity contribution is 0.301. The fourth-order valence-electron chi connectivity index (χ4n) is 1.90. The van der Waals surface area contributed by atoms with Crippen LogP contribution in [0.5, 0.6) is 0 Å². The molecule has 3 heteroatoms. The summed E-state index contributed by atoms with van der Waals surface area (Å²) in [4.78, 5) is 1.47. The average molecular weight is 290 g/mol. The SMILES string of the molecule is CNC(C)C(Cc1cc(Br)cs1)C(C)C. The van der Waals surface area contributed by atoms with Gasteiger partial charge in [-0.05, 0) is 54.2 Å². The summed E-state index contributed by atoms with van der Waals surface area (Å²) in [7, 11) is 2.05. The zero-order valence-corrected chi connectivity index (χ0v) is 12.3. The van der Waals surface area contributed by atoms with Crippen LogP contribution in [0.4, 0.5) is 0 Å². The quantitative estimate of drug-likeness (QED) is 0.866. The van der Waals surface area contributed by atoms with E-state index >= 15 is 0 Å². The van der Waals surface area contributed by atoms with Gasteiger partial charge in [0.25, 0.3) is 0 Å². The lowest BCUT2D eigenvalue weighted by Gasteiger charge is -2.26. The third kappa shape index (κ3) is 3.89. The largest absolute Gasteiger partial charge is 0.317 e. The molecule has 0 fully saturated rings. The van der Waals surface area contributed by atoms with E-state index in [1.807, 2.05) is 18.4 Å². The minimum Gasteiger partial charge on any atom is -0.317 e. The Hall–Kier alpha value is 0.140. The monoisotopic (exact) mass is 289 g/mol. The zero-order valence-electron chi connectivity index (χ0n) is 9.88. The highest BCUT2D eigenvalue weighted by molar-refractivity contribution is 9.10. The molecule has 15 heavy (non-hydrogen) atoms. The zero-order chi connectivity index (χ0) is 11.4. The molecule has 2 unspecified atom stereocenters. The molecule has 1 N–H and O–H groups in total. The van der Waals surface area contributed by atoms with Gasteiger partial charge < -0.3 is 5.32 Å². The summed E-state index contributed by atoms with van der Waals surface area (Å²) >= 11 is 5.36. The molecule has 0 saturated carbocycles. The van der Waals surface area contributed by atoms with E-state index < -0.39 is 0 Å². The van der Waals surface area contributed by atoms with Crippen LogP contribution in [0.3, 0.4) is 0 Å². The second-order valence-electron chi connectivity index (χ2n) is 4.42. The second-order valence-corrected chi connectivity index (χ2v) is 6.33. The molecular formula is C12H20BrNS. The molecule has 1 heterocycles. The van der Waals surface area contributed by atoms with Crippen molar-refractivity contribution >= 4 is 27.3 Å². The van der Waals surface area contributed by atoms with Gasteiger partial charge in [0.15, 0.2) is 0 Å². The van der Waals surface area contributed by atoms with E-state index in [-0.39, 0.29) is 0 Å². The van der Waals surface area contributed by atoms with Crippen molar-refractivity contribution in [2.75, 3.05) is 7.05 Å². The van der Waals surface area contributed by atoms with Crippen LogP contribution in [0.1, 0.15) is 25.6 Å². The third-order valence-electron chi connectivity index (χ3n) is 3.01. The molecule has 0 amide bonds. The first-order valence-corrected chi connectivity index (χ1v) is 7.12. The first-order valence-electron chi connectivity index (χ1n) is 5.44. The van der Waals surface area contributed by atoms with E-state index in [9.17, 15) is 0 Å². The van der Waals surface area contributed by atoms with E-state index in [1.54, 1.807) is 0 Å². The summed E-state index contributed by atoms with van der Waals surface area (Å²) in [6.07, 6.45) is 1.18. The van der Waals surface area contributed by atoms with E-state index in [0.29, 0.717) is 17.9 Å². The van der Waals surface area contributed by atoms with Crippen LogP contribution in [0, 0.1) is 11.8 Å². The van der Waals surface area contributed by atoms with Crippen molar-refractivity contribution < 1.29 is 0 Å². The van der Waals surface area contributed by atoms with Gasteiger partial charge in [-0.3, -0.25) is 0 Å². The van der Waals surface area contributed by atoms with Crippen molar-refractivity contribution in [1.29, 1.82) is 0 Å². The summed E-state index contributed by atoms with van der Waals surface area (Å²) in [5.41, 5.74) is 0. The smallest absolute Gasteiger partial charge is 0.0285 e. The molecule has 0 aromatic carbocycles. The van der Waals surface area contributed by atoms with Gasteiger partial charge in [-0.25, -0.2) is 0 Å². The Balaban J connectivity index is 2.66. The molecule has 1 aromatic rings. The number of hydrogen-bond acceptors (Lipinski definition) is 2. The van der Waals surface area contributed by atoms with Crippen LogP contribution in [0.2, 0.25) is 0 Å². The predicted molar refractivity (Wildman–Crippen MR) is 72.6 cm³/mol. The molecule has 0 bridgehead atoms. The van der Waals surface area contributed by atoms with E-state index in [2.05, 4.69) is 53.5 Å². The molecule has 0 aliphatic heterocycles. The molecular weight excluding hydrogens is 270 g/mol. The van der Waals surface area contributed by atoms with Gasteiger partial charge in [0.05, 0.1) is 0 Å². The van der Waals surface area contributed by atoms with Crippen molar-refractivity contribution in [3.05, 3.63) is 20.8 Å². The van der Waals surface area contributed by atoms with Crippen molar-refractivity contribution in [2.24, 2.45) is 11.8 Å². The highest BCUT2D eigenvalue weighted by atomic mass is 79.9. The number of hydrogen-bond donors (Lipinski definition) is 1. The van der Waals surface area contributed by atoms with Crippen LogP contribution >= 0.6 is 27.3 Å². The van der Waals surface area contributed by atoms with Crippen molar-refractivity contribution in [3.8, 4) is 0 Å². The Morgan fingerprint density at radius 1 is 1.40 bits per heavy atom. The predicted octanol–water partition coefficient (Wildman–Crippen LogP) is 3.93. The number of rotatable bonds is 5. The Morgan fingerprint density at radius 3 is 2.47 bits per heavy atom. The van der Waals surface area contributed by atoms with Gasteiger partial charge in [0.1, 0.15) is 0 Å². The minimum absolute atomic E-state index is 0.575. The van der Waals surface area contributed by atoms with Gasteiger partial charge >= 0.3 is 0 Å². The average Bonchev–Trinajstić information content (AvgIpc) is 2.59. The van der Waals surface area contributed by atoms with Crippen LogP contribution in [0.25, 0.3) is 0 Å². The summed E-state index contributed by atoms with van der Waals surface area (Å²) in [5, 5.41) is 5.53. The first kappa shape index (κ1) is 13.2. The highest BCUT2D eigenvalue weighted by Gasteiger charge is 2.20. The topological polar surface area (TPSA) is 12.0 Å².